The molecular weight excluding hydrogens is 346 g/mol. The number of nitrogens with one attached hydrogen (secondary N) is 1. The molecule has 0 spiro atoms. The Kier molecular flexibility index (Phi) is 8.81. The summed E-state index contributed by atoms with van der Waals surface area (Å²) in [5, 5.41) is 3.76. The van der Waals surface area contributed by atoms with Gasteiger partial charge >= 0.3 is 0 Å². The summed E-state index contributed by atoms with van der Waals surface area (Å²) < 4.78 is 0. The Morgan fingerprint density at radius 1 is 1.04 bits per heavy atom. The van der Waals surface area contributed by atoms with Gasteiger partial charge in [-0.1, -0.05) is 57.2 Å². The Morgan fingerprint density at radius 3 is 2.64 bits per heavy atom. The summed E-state index contributed by atoms with van der Waals surface area (Å²) in [5.41, 5.74) is 2.32. The average Bonchev–Trinajstić information content (AvgIpc) is 3.05. The molecule has 1 saturated carbocycles. The molecule has 1 aliphatic carbocycles. The second-order valence-electron chi connectivity index (χ2n) is 8.49. The van der Waals surface area contributed by atoms with Crippen LogP contribution in [-0.2, 0) is 11.2 Å². The fraction of sp³-hybridized carbons (Fsp3) is 0.708. The molecule has 0 atom stereocenters. The van der Waals surface area contributed by atoms with E-state index >= 15 is 0 Å². The van der Waals surface area contributed by atoms with Crippen molar-refractivity contribution in [2.75, 3.05) is 37.6 Å². The second-order valence-corrected chi connectivity index (χ2v) is 8.49. The molecule has 0 radical (unpaired) electrons. The maximum absolute atomic E-state index is 12.2. The van der Waals surface area contributed by atoms with Crippen molar-refractivity contribution in [3.8, 4) is 0 Å². The number of anilines is 1. The topological polar surface area (TPSA) is 35.6 Å². The fourth-order valence-electron chi connectivity index (χ4n) is 4.68. The zero-order valence-electron chi connectivity index (χ0n) is 17.8. The van der Waals surface area contributed by atoms with E-state index in [-0.39, 0.29) is 5.91 Å². The van der Waals surface area contributed by atoms with Gasteiger partial charge in [-0.2, -0.15) is 0 Å². The third-order valence-electron chi connectivity index (χ3n) is 6.44. The largest absolute Gasteiger partial charge is 0.313 e. The molecule has 1 N–H and O–H groups in total. The molecule has 0 aromatic heterocycles. The Bertz CT molecular complexity index is 597. The van der Waals surface area contributed by atoms with Gasteiger partial charge in [-0.25, -0.2) is 0 Å². The molecule has 1 aliphatic heterocycles. The van der Waals surface area contributed by atoms with Crippen LogP contribution in [0.1, 0.15) is 70.3 Å². The van der Waals surface area contributed by atoms with E-state index < -0.39 is 0 Å². The molecule has 1 aromatic rings. The van der Waals surface area contributed by atoms with E-state index in [1.165, 1.54) is 70.0 Å². The minimum absolute atomic E-state index is 0.267. The first-order chi connectivity index (χ1) is 13.8. The summed E-state index contributed by atoms with van der Waals surface area (Å²) in [4.78, 5) is 16.8. The summed E-state index contributed by atoms with van der Waals surface area (Å²) in [5.74, 6) is 0.267. The standard InChI is InChI=1S/C24H39N3O/c1-2-26(19-16-25-22-13-6-5-7-14-22)17-10-3-4-11-18-27-23-15-9-8-12-21(23)20-24(27)28/h8-9,12,15,22,25H,2-7,10-11,13-14,16-20H2,1H3. The smallest absolute Gasteiger partial charge is 0.231 e. The van der Waals surface area contributed by atoms with E-state index in [4.69, 9.17) is 0 Å². The minimum atomic E-state index is 0.267. The number of para-hydroxylation sites is 1. The highest BCUT2D eigenvalue weighted by Gasteiger charge is 2.25. The van der Waals surface area contributed by atoms with Gasteiger partial charge in [0.25, 0.3) is 0 Å². The van der Waals surface area contributed by atoms with Gasteiger partial charge in [-0.15, -0.1) is 0 Å². The number of carbonyl (C=O) groups is 1. The van der Waals surface area contributed by atoms with Crippen LogP contribution in [0, 0.1) is 0 Å². The van der Waals surface area contributed by atoms with E-state index in [0.29, 0.717) is 6.42 Å². The van der Waals surface area contributed by atoms with Gasteiger partial charge in [-0.05, 0) is 50.4 Å². The zero-order chi connectivity index (χ0) is 19.6. The average molecular weight is 386 g/mol. The highest BCUT2D eigenvalue weighted by Crippen LogP contribution is 2.28. The van der Waals surface area contributed by atoms with Crippen LogP contribution in [0.3, 0.4) is 0 Å². The third-order valence-corrected chi connectivity index (χ3v) is 6.44. The Balaban J connectivity index is 1.24. The molecule has 1 heterocycles. The lowest BCUT2D eigenvalue weighted by molar-refractivity contribution is -0.117. The Morgan fingerprint density at radius 2 is 1.82 bits per heavy atom. The molecule has 156 valence electrons. The monoisotopic (exact) mass is 385 g/mol. The highest BCUT2D eigenvalue weighted by atomic mass is 16.2. The summed E-state index contributed by atoms with van der Waals surface area (Å²) in [7, 11) is 0. The summed E-state index contributed by atoms with van der Waals surface area (Å²) in [6, 6.07) is 8.99. The molecule has 28 heavy (non-hydrogen) atoms. The van der Waals surface area contributed by atoms with E-state index in [1.54, 1.807) is 0 Å². The Labute approximate surface area is 171 Å². The molecule has 1 aromatic carbocycles. The van der Waals surface area contributed by atoms with Crippen molar-refractivity contribution in [3.05, 3.63) is 29.8 Å². The van der Waals surface area contributed by atoms with E-state index in [9.17, 15) is 4.79 Å². The molecule has 2 aliphatic rings. The van der Waals surface area contributed by atoms with Crippen LogP contribution in [-0.4, -0.2) is 49.6 Å². The quantitative estimate of drug-likeness (QED) is 0.542. The van der Waals surface area contributed by atoms with Crippen molar-refractivity contribution < 1.29 is 4.79 Å². The maximum Gasteiger partial charge on any atom is 0.231 e. The van der Waals surface area contributed by atoms with Crippen LogP contribution in [0.4, 0.5) is 5.69 Å². The minimum Gasteiger partial charge on any atom is -0.313 e. The van der Waals surface area contributed by atoms with Crippen molar-refractivity contribution in [1.82, 2.24) is 10.2 Å². The van der Waals surface area contributed by atoms with Crippen molar-refractivity contribution in [2.45, 2.75) is 77.2 Å². The molecule has 4 heteroatoms. The molecule has 3 rings (SSSR count). The molecule has 0 bridgehead atoms. The lowest BCUT2D eigenvalue weighted by atomic mass is 9.95. The van der Waals surface area contributed by atoms with Gasteiger partial charge in [0.1, 0.15) is 0 Å². The normalized spacial score (nSPS) is 17.5. The number of hydrogen-bond acceptors (Lipinski definition) is 3. The van der Waals surface area contributed by atoms with Crippen LogP contribution in [0.5, 0.6) is 0 Å². The van der Waals surface area contributed by atoms with E-state index in [2.05, 4.69) is 29.3 Å². The Hall–Kier alpha value is -1.39. The number of rotatable bonds is 12. The summed E-state index contributed by atoms with van der Waals surface area (Å²) in [6.07, 6.45) is 12.4. The predicted molar refractivity (Wildman–Crippen MR) is 118 cm³/mol. The first kappa shape index (κ1) is 21.3. The lowest BCUT2D eigenvalue weighted by Gasteiger charge is -2.25. The fourth-order valence-corrected chi connectivity index (χ4v) is 4.68. The molecule has 1 amide bonds. The number of fused-ring (bicyclic) bond motifs is 1. The van der Waals surface area contributed by atoms with Crippen LogP contribution < -0.4 is 10.2 Å². The lowest BCUT2D eigenvalue weighted by Crippen LogP contribution is -2.38. The molecule has 4 nitrogen and oxygen atoms in total. The van der Waals surface area contributed by atoms with E-state index in [0.717, 1.165) is 37.8 Å². The third kappa shape index (κ3) is 6.31. The van der Waals surface area contributed by atoms with Gasteiger partial charge in [0, 0.05) is 31.4 Å². The predicted octanol–water partition coefficient (Wildman–Crippen LogP) is 4.38. The van der Waals surface area contributed by atoms with Crippen LogP contribution in [0.2, 0.25) is 0 Å². The summed E-state index contributed by atoms with van der Waals surface area (Å²) >= 11 is 0. The van der Waals surface area contributed by atoms with Crippen LogP contribution >= 0.6 is 0 Å². The number of likely N-dealkylation sites (N-methyl/N-ethyl adjacent to an activating group) is 1. The van der Waals surface area contributed by atoms with Gasteiger partial charge in [0.05, 0.1) is 6.42 Å². The van der Waals surface area contributed by atoms with Crippen LogP contribution in [0.15, 0.2) is 24.3 Å². The number of hydrogen-bond donors (Lipinski definition) is 1. The van der Waals surface area contributed by atoms with Gasteiger partial charge in [0.15, 0.2) is 0 Å². The van der Waals surface area contributed by atoms with Crippen molar-refractivity contribution in [3.63, 3.8) is 0 Å². The number of unbranched alkanes of at least 4 members (excludes halogenated alkanes) is 3. The maximum atomic E-state index is 12.2. The van der Waals surface area contributed by atoms with Gasteiger partial charge in [-0.3, -0.25) is 4.79 Å². The molecule has 1 fully saturated rings. The summed E-state index contributed by atoms with van der Waals surface area (Å²) in [6.45, 7) is 7.80. The first-order valence-electron chi connectivity index (χ1n) is 11.6. The van der Waals surface area contributed by atoms with Crippen molar-refractivity contribution >= 4 is 11.6 Å². The van der Waals surface area contributed by atoms with Crippen LogP contribution in [0.25, 0.3) is 0 Å². The molecule has 0 unspecified atom stereocenters. The molecule has 0 saturated heterocycles. The van der Waals surface area contributed by atoms with Crippen molar-refractivity contribution in [1.29, 1.82) is 0 Å². The van der Waals surface area contributed by atoms with Gasteiger partial charge in [0.2, 0.25) is 5.91 Å². The number of benzene rings is 1. The van der Waals surface area contributed by atoms with Gasteiger partial charge < -0.3 is 15.1 Å². The van der Waals surface area contributed by atoms with E-state index in [1.807, 2.05) is 17.0 Å². The number of nitrogens with zero attached hydrogens (tertiary/aromatic N) is 2. The number of carbonyl (C=O) groups excluding carboxylic acids is 1. The van der Waals surface area contributed by atoms with Crippen molar-refractivity contribution in [2.24, 2.45) is 0 Å². The first-order valence-corrected chi connectivity index (χ1v) is 11.6. The number of amides is 1. The SMILES string of the molecule is CCN(CCCCCCN1C(=O)Cc2ccccc21)CCNC1CCCCC1. The second kappa shape index (κ2) is 11.6. The zero-order valence-corrected chi connectivity index (χ0v) is 17.8. The molecular formula is C24H39N3O. The highest BCUT2D eigenvalue weighted by molar-refractivity contribution is 6.01.